The number of Topliss-reactive ketones (excluding diaryl/α,β-unsaturated/α-hetero) is 2. The van der Waals surface area contributed by atoms with Crippen LogP contribution >= 0.6 is 23.2 Å². The van der Waals surface area contributed by atoms with Crippen molar-refractivity contribution in [1.82, 2.24) is 0 Å². The van der Waals surface area contributed by atoms with Crippen molar-refractivity contribution in [2.24, 2.45) is 5.92 Å². The van der Waals surface area contributed by atoms with E-state index in [4.69, 9.17) is 23.2 Å². The zero-order valence-electron chi connectivity index (χ0n) is 9.39. The first-order valence-corrected chi connectivity index (χ1v) is 5.79. The van der Waals surface area contributed by atoms with Gasteiger partial charge in [0, 0.05) is 5.92 Å². The molecule has 0 aromatic heterocycles. The minimum atomic E-state index is -0.726. The van der Waals surface area contributed by atoms with E-state index in [0.717, 1.165) is 6.07 Å². The Balaban J connectivity index is 3.05. The van der Waals surface area contributed by atoms with E-state index in [9.17, 15) is 14.0 Å². The highest BCUT2D eigenvalue weighted by Gasteiger charge is 2.21. The van der Waals surface area contributed by atoms with E-state index in [1.54, 1.807) is 13.8 Å². The van der Waals surface area contributed by atoms with E-state index < -0.39 is 11.6 Å². The fraction of sp³-hybridized carbons (Fsp3) is 0.333. The van der Waals surface area contributed by atoms with Gasteiger partial charge in [0.15, 0.2) is 5.78 Å². The van der Waals surface area contributed by atoms with Crippen LogP contribution in [0.2, 0.25) is 10.0 Å². The highest BCUT2D eigenvalue weighted by Crippen LogP contribution is 2.28. The second-order valence-electron chi connectivity index (χ2n) is 3.94. The van der Waals surface area contributed by atoms with Gasteiger partial charge < -0.3 is 0 Å². The molecule has 0 aliphatic carbocycles. The first kappa shape index (κ1) is 14.1. The maximum absolute atomic E-state index is 13.2. The van der Waals surface area contributed by atoms with Gasteiger partial charge in [0.2, 0.25) is 0 Å². The van der Waals surface area contributed by atoms with Crippen molar-refractivity contribution in [3.63, 3.8) is 0 Å². The van der Waals surface area contributed by atoms with Crippen LogP contribution in [0.5, 0.6) is 0 Å². The van der Waals surface area contributed by atoms with E-state index in [-0.39, 0.29) is 33.7 Å². The predicted molar refractivity (Wildman–Crippen MR) is 65.2 cm³/mol. The number of rotatable bonds is 4. The Bertz CT molecular complexity index is 470. The maximum atomic E-state index is 13.2. The Kier molecular flexibility index (Phi) is 4.66. The zero-order chi connectivity index (χ0) is 13.2. The lowest BCUT2D eigenvalue weighted by Crippen LogP contribution is -2.14. The molecule has 0 amide bonds. The Morgan fingerprint density at radius 1 is 1.29 bits per heavy atom. The molecule has 1 aromatic carbocycles. The summed E-state index contributed by atoms with van der Waals surface area (Å²) >= 11 is 11.4. The zero-order valence-corrected chi connectivity index (χ0v) is 10.9. The van der Waals surface area contributed by atoms with Crippen LogP contribution in [0.3, 0.4) is 0 Å². The predicted octanol–water partition coefficient (Wildman–Crippen LogP) is 3.93. The first-order chi connectivity index (χ1) is 7.84. The van der Waals surface area contributed by atoms with Crippen molar-refractivity contribution in [2.75, 3.05) is 0 Å². The normalized spacial score (nSPS) is 10.7. The van der Waals surface area contributed by atoms with E-state index in [1.807, 2.05) is 0 Å². The van der Waals surface area contributed by atoms with Crippen LogP contribution in [0.1, 0.15) is 30.6 Å². The fourth-order valence-corrected chi connectivity index (χ4v) is 1.81. The molecule has 0 fully saturated rings. The summed E-state index contributed by atoms with van der Waals surface area (Å²) in [6.45, 7) is 3.37. The van der Waals surface area contributed by atoms with Gasteiger partial charge in [-0.1, -0.05) is 37.0 Å². The van der Waals surface area contributed by atoms with Gasteiger partial charge >= 0.3 is 0 Å². The number of hydrogen-bond donors (Lipinski definition) is 0. The topological polar surface area (TPSA) is 34.1 Å². The molecule has 0 radical (unpaired) electrons. The largest absolute Gasteiger partial charge is 0.299 e. The van der Waals surface area contributed by atoms with E-state index in [2.05, 4.69) is 0 Å². The molecule has 0 atom stereocenters. The quantitative estimate of drug-likeness (QED) is 0.474. The highest BCUT2D eigenvalue weighted by atomic mass is 35.5. The molecule has 0 saturated heterocycles. The van der Waals surface area contributed by atoms with Crippen molar-refractivity contribution in [3.05, 3.63) is 33.6 Å². The van der Waals surface area contributed by atoms with E-state index in [0.29, 0.717) is 0 Å². The first-order valence-electron chi connectivity index (χ1n) is 5.04. The number of benzene rings is 1. The maximum Gasteiger partial charge on any atom is 0.173 e. The number of ketones is 2. The van der Waals surface area contributed by atoms with Gasteiger partial charge in [-0.15, -0.1) is 0 Å². The van der Waals surface area contributed by atoms with Crippen LogP contribution in [0, 0.1) is 11.7 Å². The second-order valence-corrected chi connectivity index (χ2v) is 4.72. The van der Waals surface area contributed by atoms with Crippen LogP contribution in [0.4, 0.5) is 4.39 Å². The molecule has 0 bridgehead atoms. The number of carbonyl (C=O) groups is 2. The van der Waals surface area contributed by atoms with Crippen LogP contribution in [0.25, 0.3) is 0 Å². The summed E-state index contributed by atoms with van der Waals surface area (Å²) in [5.41, 5.74) is -0.123. The monoisotopic (exact) mass is 276 g/mol. The van der Waals surface area contributed by atoms with Crippen LogP contribution in [0.15, 0.2) is 12.1 Å². The van der Waals surface area contributed by atoms with Gasteiger partial charge in [-0.05, 0) is 12.1 Å². The molecule has 0 saturated carbocycles. The molecule has 0 unspecified atom stereocenters. The molecule has 0 heterocycles. The number of hydrogen-bond acceptors (Lipinski definition) is 2. The van der Waals surface area contributed by atoms with Crippen molar-refractivity contribution in [1.29, 1.82) is 0 Å². The minimum Gasteiger partial charge on any atom is -0.299 e. The average Bonchev–Trinajstić information content (AvgIpc) is 2.24. The Morgan fingerprint density at radius 3 is 2.41 bits per heavy atom. The number of halogens is 3. The van der Waals surface area contributed by atoms with Gasteiger partial charge in [0.1, 0.15) is 11.6 Å². The standard InChI is InChI=1S/C12H11Cl2FO2/c1-6(2)9(16)5-10(17)11-7(13)3-4-8(15)12(11)14/h3-4,6H,5H2,1-2H3. The molecule has 2 nitrogen and oxygen atoms in total. The number of carbonyl (C=O) groups excluding carboxylic acids is 2. The summed E-state index contributed by atoms with van der Waals surface area (Å²) in [6.07, 6.45) is -0.319. The van der Waals surface area contributed by atoms with Crippen LogP contribution < -0.4 is 0 Å². The van der Waals surface area contributed by atoms with Gasteiger partial charge in [-0.3, -0.25) is 9.59 Å². The molecule has 0 aliphatic heterocycles. The molecule has 5 heteroatoms. The molecule has 0 aliphatic rings. The summed E-state index contributed by atoms with van der Waals surface area (Å²) < 4.78 is 13.2. The fourth-order valence-electron chi connectivity index (χ4n) is 1.23. The van der Waals surface area contributed by atoms with Crippen molar-refractivity contribution in [3.8, 4) is 0 Å². The van der Waals surface area contributed by atoms with Gasteiger partial charge in [-0.2, -0.15) is 0 Å². The molecule has 0 spiro atoms. The summed E-state index contributed by atoms with van der Waals surface area (Å²) in [5, 5.41) is -0.281. The Morgan fingerprint density at radius 2 is 1.88 bits per heavy atom. The second kappa shape index (κ2) is 5.61. The average molecular weight is 277 g/mol. The lowest BCUT2D eigenvalue weighted by molar-refractivity contribution is -0.121. The van der Waals surface area contributed by atoms with E-state index in [1.165, 1.54) is 6.07 Å². The molecule has 1 rings (SSSR count). The van der Waals surface area contributed by atoms with Crippen LogP contribution in [-0.4, -0.2) is 11.6 Å². The minimum absolute atomic E-state index is 0.0537. The molecule has 92 valence electrons. The Hall–Kier alpha value is -0.930. The summed E-state index contributed by atoms with van der Waals surface area (Å²) in [5.74, 6) is -1.77. The third-order valence-corrected chi connectivity index (χ3v) is 2.99. The lowest BCUT2D eigenvalue weighted by atomic mass is 10.00. The van der Waals surface area contributed by atoms with Crippen molar-refractivity contribution in [2.45, 2.75) is 20.3 Å². The van der Waals surface area contributed by atoms with Gasteiger partial charge in [0.25, 0.3) is 0 Å². The molecule has 17 heavy (non-hydrogen) atoms. The van der Waals surface area contributed by atoms with Crippen molar-refractivity contribution >= 4 is 34.8 Å². The molecular formula is C12H11Cl2FO2. The summed E-state index contributed by atoms with van der Waals surface area (Å²) in [4.78, 5) is 23.2. The van der Waals surface area contributed by atoms with E-state index >= 15 is 0 Å². The van der Waals surface area contributed by atoms with Gasteiger partial charge in [0.05, 0.1) is 22.0 Å². The molecule has 0 N–H and O–H groups in total. The highest BCUT2D eigenvalue weighted by molar-refractivity contribution is 6.40. The SMILES string of the molecule is CC(C)C(=O)CC(=O)c1c(Cl)ccc(F)c1Cl. The third kappa shape index (κ3) is 3.27. The summed E-state index contributed by atoms with van der Waals surface area (Å²) in [7, 11) is 0. The molecular weight excluding hydrogens is 266 g/mol. The lowest BCUT2D eigenvalue weighted by Gasteiger charge is -2.07. The van der Waals surface area contributed by atoms with Gasteiger partial charge in [-0.25, -0.2) is 4.39 Å². The Labute approximate surface area is 109 Å². The van der Waals surface area contributed by atoms with Crippen molar-refractivity contribution < 1.29 is 14.0 Å². The smallest absolute Gasteiger partial charge is 0.173 e. The van der Waals surface area contributed by atoms with Crippen LogP contribution in [-0.2, 0) is 4.79 Å². The molecule has 1 aromatic rings. The summed E-state index contributed by atoms with van der Waals surface area (Å²) in [6, 6.07) is 2.32. The third-order valence-electron chi connectivity index (χ3n) is 2.30.